The van der Waals surface area contributed by atoms with E-state index in [1.807, 2.05) is 18.4 Å². The van der Waals surface area contributed by atoms with Crippen LogP contribution in [0.2, 0.25) is 0 Å². The molecule has 2 aromatic rings. The van der Waals surface area contributed by atoms with Crippen molar-refractivity contribution in [3.05, 3.63) is 57.5 Å². The molecule has 102 valence electrons. The van der Waals surface area contributed by atoms with Crippen LogP contribution in [-0.2, 0) is 6.42 Å². The molecule has 0 amide bonds. The van der Waals surface area contributed by atoms with Gasteiger partial charge in [0.1, 0.15) is 5.82 Å². The summed E-state index contributed by atoms with van der Waals surface area (Å²) in [6, 6.07) is 8.50. The fraction of sp³-hybridized carbons (Fsp3) is 0.333. The van der Waals surface area contributed by atoms with Gasteiger partial charge in [-0.15, -0.1) is 11.3 Å². The Bertz CT molecular complexity index is 540. The first-order valence-electron chi connectivity index (χ1n) is 6.37. The molecule has 3 N–H and O–H groups in total. The monoisotopic (exact) mass is 279 g/mol. The Hall–Kier alpha value is -1.23. The van der Waals surface area contributed by atoms with Gasteiger partial charge >= 0.3 is 0 Å². The standard InChI is InChI=1S/C15H18FNOS/c1-2-10-7-8-19-15(10)14(18)12(9-17)11-5-3-4-6-13(11)16/h3-8,12,14,18H,2,9,17H2,1H3. The number of nitrogens with two attached hydrogens (primary N) is 1. The first-order valence-corrected chi connectivity index (χ1v) is 7.25. The van der Waals surface area contributed by atoms with Crippen LogP contribution in [0.25, 0.3) is 0 Å². The zero-order valence-electron chi connectivity index (χ0n) is 10.8. The van der Waals surface area contributed by atoms with Crippen molar-refractivity contribution in [3.63, 3.8) is 0 Å². The molecular formula is C15H18FNOS. The van der Waals surface area contributed by atoms with Crippen molar-refractivity contribution in [2.45, 2.75) is 25.4 Å². The Morgan fingerprint density at radius 1 is 1.32 bits per heavy atom. The Morgan fingerprint density at radius 2 is 2.05 bits per heavy atom. The summed E-state index contributed by atoms with van der Waals surface area (Å²) in [5.74, 6) is -0.725. The molecule has 0 aliphatic carbocycles. The highest BCUT2D eigenvalue weighted by molar-refractivity contribution is 7.10. The third-order valence-corrected chi connectivity index (χ3v) is 4.40. The number of halogens is 1. The van der Waals surface area contributed by atoms with E-state index in [-0.39, 0.29) is 12.4 Å². The van der Waals surface area contributed by atoms with Crippen LogP contribution in [0.4, 0.5) is 4.39 Å². The second kappa shape index (κ2) is 6.28. The van der Waals surface area contributed by atoms with Gasteiger partial charge in [0.05, 0.1) is 6.10 Å². The molecule has 2 rings (SSSR count). The van der Waals surface area contributed by atoms with E-state index in [0.717, 1.165) is 16.9 Å². The molecule has 0 bridgehead atoms. The molecule has 0 radical (unpaired) electrons. The Labute approximate surface area is 116 Å². The molecule has 0 aliphatic rings. The summed E-state index contributed by atoms with van der Waals surface area (Å²) in [5.41, 5.74) is 7.33. The van der Waals surface area contributed by atoms with Crippen LogP contribution in [-0.4, -0.2) is 11.7 Å². The first-order chi connectivity index (χ1) is 9.19. The van der Waals surface area contributed by atoms with Gasteiger partial charge in [0.15, 0.2) is 0 Å². The van der Waals surface area contributed by atoms with Gasteiger partial charge in [-0.25, -0.2) is 4.39 Å². The van der Waals surface area contributed by atoms with Crippen LogP contribution in [0.15, 0.2) is 35.7 Å². The normalized spacial score (nSPS) is 14.3. The number of hydrogen-bond donors (Lipinski definition) is 2. The van der Waals surface area contributed by atoms with Crippen LogP contribution in [0.5, 0.6) is 0 Å². The summed E-state index contributed by atoms with van der Waals surface area (Å²) in [4.78, 5) is 0.890. The minimum atomic E-state index is -0.753. The lowest BCUT2D eigenvalue weighted by molar-refractivity contribution is 0.148. The summed E-state index contributed by atoms with van der Waals surface area (Å²) in [6.45, 7) is 2.25. The number of benzene rings is 1. The zero-order valence-corrected chi connectivity index (χ0v) is 11.7. The van der Waals surface area contributed by atoms with Crippen LogP contribution in [0.1, 0.15) is 34.9 Å². The minimum absolute atomic E-state index is 0.211. The second-order valence-corrected chi connectivity index (χ2v) is 5.42. The molecule has 2 unspecified atom stereocenters. The number of thiophene rings is 1. The molecule has 4 heteroatoms. The van der Waals surface area contributed by atoms with Gasteiger partial charge in [0.2, 0.25) is 0 Å². The fourth-order valence-corrected chi connectivity index (χ4v) is 3.33. The lowest BCUT2D eigenvalue weighted by Gasteiger charge is -2.22. The van der Waals surface area contributed by atoms with Crippen molar-refractivity contribution in [1.82, 2.24) is 0 Å². The summed E-state index contributed by atoms with van der Waals surface area (Å²) >= 11 is 1.50. The minimum Gasteiger partial charge on any atom is -0.387 e. The Balaban J connectivity index is 2.35. The maximum Gasteiger partial charge on any atom is 0.126 e. The lowest BCUT2D eigenvalue weighted by atomic mass is 9.90. The van der Waals surface area contributed by atoms with E-state index in [4.69, 9.17) is 5.73 Å². The molecule has 0 saturated heterocycles. The zero-order chi connectivity index (χ0) is 13.8. The van der Waals surface area contributed by atoms with E-state index in [0.29, 0.717) is 5.56 Å². The van der Waals surface area contributed by atoms with Crippen molar-refractivity contribution < 1.29 is 9.50 Å². The SMILES string of the molecule is CCc1ccsc1C(O)C(CN)c1ccccc1F. The second-order valence-electron chi connectivity index (χ2n) is 4.47. The summed E-state index contributed by atoms with van der Waals surface area (Å²) in [5, 5.41) is 12.5. The van der Waals surface area contributed by atoms with E-state index >= 15 is 0 Å². The van der Waals surface area contributed by atoms with Gasteiger partial charge in [0.25, 0.3) is 0 Å². The van der Waals surface area contributed by atoms with Crippen molar-refractivity contribution >= 4 is 11.3 Å². The van der Waals surface area contributed by atoms with Crippen molar-refractivity contribution in [3.8, 4) is 0 Å². The quantitative estimate of drug-likeness (QED) is 0.882. The highest BCUT2D eigenvalue weighted by atomic mass is 32.1. The largest absolute Gasteiger partial charge is 0.387 e. The number of hydrogen-bond acceptors (Lipinski definition) is 3. The third-order valence-electron chi connectivity index (χ3n) is 3.37. The first kappa shape index (κ1) is 14.2. The van der Waals surface area contributed by atoms with Crippen LogP contribution >= 0.6 is 11.3 Å². The molecule has 1 aromatic heterocycles. The summed E-state index contributed by atoms with van der Waals surface area (Å²) < 4.78 is 13.8. The molecule has 1 heterocycles. The third kappa shape index (κ3) is 2.86. The van der Waals surface area contributed by atoms with Crippen LogP contribution < -0.4 is 5.73 Å². The molecular weight excluding hydrogens is 261 g/mol. The van der Waals surface area contributed by atoms with E-state index in [1.165, 1.54) is 17.4 Å². The van der Waals surface area contributed by atoms with Gasteiger partial charge in [-0.1, -0.05) is 25.1 Å². The Morgan fingerprint density at radius 3 is 2.68 bits per heavy atom. The molecule has 19 heavy (non-hydrogen) atoms. The number of aliphatic hydroxyl groups excluding tert-OH is 1. The molecule has 0 spiro atoms. The smallest absolute Gasteiger partial charge is 0.126 e. The molecule has 1 aromatic carbocycles. The number of rotatable bonds is 5. The maximum atomic E-state index is 13.8. The molecule has 2 nitrogen and oxygen atoms in total. The van der Waals surface area contributed by atoms with Gasteiger partial charge in [-0.2, -0.15) is 0 Å². The fourth-order valence-electron chi connectivity index (χ4n) is 2.28. The predicted octanol–water partition coefficient (Wildman–Crippen LogP) is 3.23. The highest BCUT2D eigenvalue weighted by Crippen LogP contribution is 2.36. The highest BCUT2D eigenvalue weighted by Gasteiger charge is 2.26. The molecule has 0 saturated carbocycles. The van der Waals surface area contributed by atoms with Crippen LogP contribution in [0.3, 0.4) is 0 Å². The summed E-state index contributed by atoms with van der Waals surface area (Å²) in [7, 11) is 0. The van der Waals surface area contributed by atoms with E-state index in [2.05, 4.69) is 0 Å². The number of aliphatic hydroxyl groups is 1. The molecule has 0 aliphatic heterocycles. The van der Waals surface area contributed by atoms with Crippen molar-refractivity contribution in [1.29, 1.82) is 0 Å². The van der Waals surface area contributed by atoms with E-state index in [9.17, 15) is 9.50 Å². The van der Waals surface area contributed by atoms with Gasteiger partial charge in [0, 0.05) is 17.3 Å². The molecule has 0 fully saturated rings. The predicted molar refractivity (Wildman–Crippen MR) is 76.9 cm³/mol. The van der Waals surface area contributed by atoms with Gasteiger partial charge in [-0.3, -0.25) is 0 Å². The molecule has 2 atom stereocenters. The van der Waals surface area contributed by atoms with Gasteiger partial charge in [-0.05, 0) is 35.1 Å². The van der Waals surface area contributed by atoms with Crippen molar-refractivity contribution in [2.75, 3.05) is 6.54 Å². The van der Waals surface area contributed by atoms with E-state index in [1.54, 1.807) is 18.2 Å². The average Bonchev–Trinajstić information content (AvgIpc) is 2.89. The lowest BCUT2D eigenvalue weighted by Crippen LogP contribution is -2.21. The maximum absolute atomic E-state index is 13.8. The van der Waals surface area contributed by atoms with Crippen molar-refractivity contribution in [2.24, 2.45) is 5.73 Å². The average molecular weight is 279 g/mol. The van der Waals surface area contributed by atoms with Gasteiger partial charge < -0.3 is 10.8 Å². The van der Waals surface area contributed by atoms with Crippen LogP contribution in [0, 0.1) is 5.82 Å². The Kier molecular flexibility index (Phi) is 4.69. The topological polar surface area (TPSA) is 46.2 Å². The number of aryl methyl sites for hydroxylation is 1. The van der Waals surface area contributed by atoms with E-state index < -0.39 is 12.0 Å². The summed E-state index contributed by atoms with van der Waals surface area (Å²) in [6.07, 6.45) is 0.0987.